The second-order valence-corrected chi connectivity index (χ2v) is 3.99. The van der Waals surface area contributed by atoms with Gasteiger partial charge in [0.15, 0.2) is 6.29 Å². The van der Waals surface area contributed by atoms with Gasteiger partial charge in [0.05, 0.1) is 5.02 Å². The lowest BCUT2D eigenvalue weighted by Crippen LogP contribution is -1.83. The molecule has 2 nitrogen and oxygen atoms in total. The third kappa shape index (κ3) is 1.69. The van der Waals surface area contributed by atoms with Gasteiger partial charge in [-0.15, -0.1) is 11.3 Å². The molecule has 0 unspecified atom stereocenters. The van der Waals surface area contributed by atoms with Crippen molar-refractivity contribution in [3.8, 4) is 10.6 Å². The lowest BCUT2D eigenvalue weighted by molar-refractivity contribution is 0.112. The van der Waals surface area contributed by atoms with E-state index in [2.05, 4.69) is 4.98 Å². The number of carbonyl (C=O) groups is 1. The van der Waals surface area contributed by atoms with E-state index < -0.39 is 0 Å². The molecule has 1 aromatic carbocycles. The Kier molecular flexibility index (Phi) is 2.61. The van der Waals surface area contributed by atoms with Gasteiger partial charge in [-0.1, -0.05) is 17.7 Å². The Labute approximate surface area is 90.2 Å². The summed E-state index contributed by atoms with van der Waals surface area (Å²) in [5.41, 5.74) is 1.45. The van der Waals surface area contributed by atoms with E-state index in [1.807, 2.05) is 11.4 Å². The maximum Gasteiger partial charge on any atom is 0.151 e. The molecular weight excluding hydrogens is 218 g/mol. The number of hydrogen-bond donors (Lipinski definition) is 0. The van der Waals surface area contributed by atoms with Crippen LogP contribution >= 0.6 is 22.9 Å². The molecule has 14 heavy (non-hydrogen) atoms. The topological polar surface area (TPSA) is 30.0 Å². The number of aromatic nitrogens is 1. The number of thiazole rings is 1. The molecule has 0 atom stereocenters. The highest BCUT2D eigenvalue weighted by Gasteiger charge is 2.04. The van der Waals surface area contributed by atoms with Gasteiger partial charge >= 0.3 is 0 Å². The Balaban J connectivity index is 2.48. The number of nitrogens with zero attached hydrogens (tertiary/aromatic N) is 1. The number of hydrogen-bond acceptors (Lipinski definition) is 3. The van der Waals surface area contributed by atoms with Crippen molar-refractivity contribution < 1.29 is 4.79 Å². The van der Waals surface area contributed by atoms with Crippen LogP contribution in [0.4, 0.5) is 0 Å². The van der Waals surface area contributed by atoms with E-state index in [1.54, 1.807) is 29.7 Å². The number of benzene rings is 1. The zero-order valence-electron chi connectivity index (χ0n) is 7.11. The summed E-state index contributed by atoms with van der Waals surface area (Å²) in [6, 6.07) is 5.30. The number of aldehydes is 1. The monoisotopic (exact) mass is 223 g/mol. The smallest absolute Gasteiger partial charge is 0.151 e. The SMILES string of the molecule is O=Cc1ccc(-c2nccs2)cc1Cl. The minimum absolute atomic E-state index is 0.465. The third-order valence-corrected chi connectivity index (χ3v) is 2.96. The molecule has 2 rings (SSSR count). The predicted octanol–water partition coefficient (Wildman–Crippen LogP) is 3.28. The molecule has 0 bridgehead atoms. The zero-order chi connectivity index (χ0) is 9.97. The zero-order valence-corrected chi connectivity index (χ0v) is 8.68. The summed E-state index contributed by atoms with van der Waals surface area (Å²) < 4.78 is 0. The molecule has 0 saturated carbocycles. The van der Waals surface area contributed by atoms with Gasteiger partial charge in [0.2, 0.25) is 0 Å². The minimum Gasteiger partial charge on any atom is -0.298 e. The number of halogens is 1. The van der Waals surface area contributed by atoms with Gasteiger partial charge in [-0.25, -0.2) is 4.98 Å². The summed E-state index contributed by atoms with van der Waals surface area (Å²) >= 11 is 7.43. The lowest BCUT2D eigenvalue weighted by Gasteiger charge is -1.99. The van der Waals surface area contributed by atoms with Crippen molar-refractivity contribution in [3.63, 3.8) is 0 Å². The van der Waals surface area contributed by atoms with Crippen LogP contribution in [0.3, 0.4) is 0 Å². The maximum atomic E-state index is 10.5. The third-order valence-electron chi connectivity index (χ3n) is 1.81. The molecule has 0 aliphatic heterocycles. The number of carbonyl (C=O) groups excluding carboxylic acids is 1. The first kappa shape index (κ1) is 9.37. The van der Waals surface area contributed by atoms with Crippen LogP contribution in [0.25, 0.3) is 10.6 Å². The van der Waals surface area contributed by atoms with E-state index in [-0.39, 0.29) is 0 Å². The quantitative estimate of drug-likeness (QED) is 0.732. The molecule has 0 aliphatic carbocycles. The van der Waals surface area contributed by atoms with Crippen LogP contribution in [-0.2, 0) is 0 Å². The van der Waals surface area contributed by atoms with Crippen LogP contribution in [0.5, 0.6) is 0 Å². The molecule has 1 aromatic heterocycles. The highest BCUT2D eigenvalue weighted by Crippen LogP contribution is 2.26. The van der Waals surface area contributed by atoms with Crippen molar-refractivity contribution in [2.75, 3.05) is 0 Å². The van der Waals surface area contributed by atoms with Gasteiger partial charge in [0.1, 0.15) is 5.01 Å². The Bertz CT molecular complexity index is 453. The van der Waals surface area contributed by atoms with E-state index in [1.165, 1.54) is 0 Å². The van der Waals surface area contributed by atoms with Crippen LogP contribution in [-0.4, -0.2) is 11.3 Å². The molecule has 0 radical (unpaired) electrons. The first-order valence-electron chi connectivity index (χ1n) is 3.96. The van der Waals surface area contributed by atoms with Crippen LogP contribution < -0.4 is 0 Å². The Morgan fingerprint density at radius 2 is 2.29 bits per heavy atom. The second-order valence-electron chi connectivity index (χ2n) is 2.69. The molecule has 0 saturated heterocycles. The fraction of sp³-hybridized carbons (Fsp3) is 0. The minimum atomic E-state index is 0.465. The van der Waals surface area contributed by atoms with Crippen molar-refractivity contribution in [3.05, 3.63) is 40.4 Å². The van der Waals surface area contributed by atoms with Gasteiger partial charge in [-0.05, 0) is 12.1 Å². The van der Waals surface area contributed by atoms with Crippen LogP contribution in [0, 0.1) is 0 Å². The van der Waals surface area contributed by atoms with Gasteiger partial charge in [-0.2, -0.15) is 0 Å². The van der Waals surface area contributed by atoms with Crippen molar-refractivity contribution in [1.82, 2.24) is 4.98 Å². The first-order valence-corrected chi connectivity index (χ1v) is 5.21. The standard InChI is InChI=1S/C10H6ClNOS/c11-9-5-7(1-2-8(9)6-13)10-12-3-4-14-10/h1-6H. The van der Waals surface area contributed by atoms with Crippen LogP contribution in [0.1, 0.15) is 10.4 Å². The van der Waals surface area contributed by atoms with Gasteiger partial charge < -0.3 is 0 Å². The van der Waals surface area contributed by atoms with Gasteiger partial charge in [-0.3, -0.25) is 4.79 Å². The molecule has 70 valence electrons. The van der Waals surface area contributed by atoms with Crippen molar-refractivity contribution in [2.45, 2.75) is 0 Å². The fourth-order valence-corrected chi connectivity index (χ4v) is 1.98. The highest BCUT2D eigenvalue weighted by molar-refractivity contribution is 7.13. The molecule has 1 heterocycles. The molecule has 2 aromatic rings. The van der Waals surface area contributed by atoms with E-state index >= 15 is 0 Å². The molecule has 0 spiro atoms. The second kappa shape index (κ2) is 3.90. The average Bonchev–Trinajstić information content (AvgIpc) is 2.70. The molecular formula is C10H6ClNOS. The van der Waals surface area contributed by atoms with E-state index in [0.29, 0.717) is 10.6 Å². The summed E-state index contributed by atoms with van der Waals surface area (Å²) in [6.45, 7) is 0. The summed E-state index contributed by atoms with van der Waals surface area (Å²) in [6.07, 6.45) is 2.48. The Hall–Kier alpha value is -1.19. The molecule has 0 aliphatic rings. The first-order chi connectivity index (χ1) is 6.81. The molecule has 4 heteroatoms. The Morgan fingerprint density at radius 3 is 2.86 bits per heavy atom. The fourth-order valence-electron chi connectivity index (χ4n) is 1.12. The average molecular weight is 224 g/mol. The molecule has 0 amide bonds. The molecule has 0 N–H and O–H groups in total. The Morgan fingerprint density at radius 1 is 1.43 bits per heavy atom. The van der Waals surface area contributed by atoms with Crippen molar-refractivity contribution in [1.29, 1.82) is 0 Å². The molecule has 0 fully saturated rings. The largest absolute Gasteiger partial charge is 0.298 e. The summed E-state index contributed by atoms with van der Waals surface area (Å²) in [5, 5.41) is 3.27. The summed E-state index contributed by atoms with van der Waals surface area (Å²) in [5.74, 6) is 0. The summed E-state index contributed by atoms with van der Waals surface area (Å²) in [7, 11) is 0. The van der Waals surface area contributed by atoms with Crippen molar-refractivity contribution >= 4 is 29.2 Å². The maximum absolute atomic E-state index is 10.5. The van der Waals surface area contributed by atoms with Crippen LogP contribution in [0.2, 0.25) is 5.02 Å². The normalized spacial score (nSPS) is 10.1. The van der Waals surface area contributed by atoms with Gasteiger partial charge in [0.25, 0.3) is 0 Å². The van der Waals surface area contributed by atoms with E-state index in [9.17, 15) is 4.79 Å². The lowest BCUT2D eigenvalue weighted by atomic mass is 10.1. The summed E-state index contributed by atoms with van der Waals surface area (Å²) in [4.78, 5) is 14.7. The van der Waals surface area contributed by atoms with E-state index in [4.69, 9.17) is 11.6 Å². The van der Waals surface area contributed by atoms with E-state index in [0.717, 1.165) is 16.9 Å². The highest BCUT2D eigenvalue weighted by atomic mass is 35.5. The van der Waals surface area contributed by atoms with Gasteiger partial charge in [0, 0.05) is 22.7 Å². The predicted molar refractivity (Wildman–Crippen MR) is 57.9 cm³/mol. The van der Waals surface area contributed by atoms with Crippen LogP contribution in [0.15, 0.2) is 29.8 Å². The van der Waals surface area contributed by atoms with Crippen molar-refractivity contribution in [2.24, 2.45) is 0 Å². The number of rotatable bonds is 2.